The van der Waals surface area contributed by atoms with Gasteiger partial charge in [0.15, 0.2) is 0 Å². The maximum atomic E-state index is 12.6. The zero-order valence-corrected chi connectivity index (χ0v) is 17.2. The number of rotatable bonds is 7. The molecule has 2 aromatic carbocycles. The van der Waals surface area contributed by atoms with Gasteiger partial charge in [-0.15, -0.1) is 0 Å². The molecule has 0 spiro atoms. The number of hydrogen-bond acceptors (Lipinski definition) is 4. The van der Waals surface area contributed by atoms with Crippen molar-refractivity contribution in [3.8, 4) is 0 Å². The summed E-state index contributed by atoms with van der Waals surface area (Å²) in [5.74, 6) is -0.275. The Kier molecular flexibility index (Phi) is 6.61. The smallest absolute Gasteiger partial charge is 0.251 e. The fourth-order valence-electron chi connectivity index (χ4n) is 3.00. The molecule has 150 valence electrons. The molecule has 0 aliphatic rings. The van der Waals surface area contributed by atoms with Crippen molar-refractivity contribution in [1.29, 1.82) is 0 Å². The third kappa shape index (κ3) is 5.00. The quantitative estimate of drug-likeness (QED) is 0.585. The van der Waals surface area contributed by atoms with Gasteiger partial charge >= 0.3 is 0 Å². The lowest BCUT2D eigenvalue weighted by Crippen LogP contribution is -2.24. The molecular formula is C22H23N3O3S. The van der Waals surface area contributed by atoms with Gasteiger partial charge < -0.3 is 5.32 Å². The van der Waals surface area contributed by atoms with E-state index >= 15 is 0 Å². The maximum Gasteiger partial charge on any atom is 0.251 e. The van der Waals surface area contributed by atoms with Crippen LogP contribution in [0, 0.1) is 6.92 Å². The SMILES string of the molecule is CCc1ccc(C(=O)NCc2cccnc2)cc1N(c1ccc(C)cc1)[SH](=O)=O. The molecule has 3 rings (SSSR count). The molecule has 1 N–H and O–H groups in total. The van der Waals surface area contributed by atoms with E-state index in [-0.39, 0.29) is 5.91 Å². The normalized spacial score (nSPS) is 10.7. The first-order valence-corrected chi connectivity index (χ1v) is 10.4. The average Bonchev–Trinajstić information content (AvgIpc) is 2.74. The Balaban J connectivity index is 1.93. The molecule has 0 saturated carbocycles. The minimum absolute atomic E-state index is 0.275. The van der Waals surface area contributed by atoms with Crippen LogP contribution in [0.1, 0.15) is 34.0 Å². The summed E-state index contributed by atoms with van der Waals surface area (Å²) in [5.41, 5.74) is 4.18. The van der Waals surface area contributed by atoms with Gasteiger partial charge in [0.2, 0.25) is 10.9 Å². The van der Waals surface area contributed by atoms with Gasteiger partial charge in [-0.2, -0.15) is 0 Å². The Labute approximate surface area is 172 Å². The van der Waals surface area contributed by atoms with E-state index in [0.717, 1.165) is 16.7 Å². The largest absolute Gasteiger partial charge is 0.348 e. The predicted molar refractivity (Wildman–Crippen MR) is 115 cm³/mol. The molecule has 0 radical (unpaired) electrons. The van der Waals surface area contributed by atoms with Crippen LogP contribution in [0.3, 0.4) is 0 Å². The first-order valence-electron chi connectivity index (χ1n) is 9.30. The molecule has 0 fully saturated rings. The van der Waals surface area contributed by atoms with Crippen molar-refractivity contribution < 1.29 is 13.2 Å². The molecule has 1 aromatic heterocycles. The molecule has 6 nitrogen and oxygen atoms in total. The monoisotopic (exact) mass is 409 g/mol. The topological polar surface area (TPSA) is 79.4 Å². The highest BCUT2D eigenvalue weighted by atomic mass is 32.2. The Morgan fingerprint density at radius 3 is 2.48 bits per heavy atom. The number of thiol groups is 1. The van der Waals surface area contributed by atoms with E-state index in [1.54, 1.807) is 48.8 Å². The van der Waals surface area contributed by atoms with Gasteiger partial charge in [0, 0.05) is 24.5 Å². The van der Waals surface area contributed by atoms with E-state index in [9.17, 15) is 13.2 Å². The zero-order valence-electron chi connectivity index (χ0n) is 16.3. The van der Waals surface area contributed by atoms with Crippen molar-refractivity contribution in [3.05, 3.63) is 89.2 Å². The van der Waals surface area contributed by atoms with Gasteiger partial charge in [-0.3, -0.25) is 9.78 Å². The van der Waals surface area contributed by atoms with E-state index in [4.69, 9.17) is 0 Å². The van der Waals surface area contributed by atoms with Crippen molar-refractivity contribution >= 4 is 28.2 Å². The third-order valence-electron chi connectivity index (χ3n) is 4.57. The second-order valence-corrected chi connectivity index (χ2v) is 7.50. The fourth-order valence-corrected chi connectivity index (χ4v) is 3.68. The summed E-state index contributed by atoms with van der Waals surface area (Å²) in [4.78, 5) is 16.7. The number of anilines is 2. The van der Waals surface area contributed by atoms with Gasteiger partial charge in [0.1, 0.15) is 0 Å². The van der Waals surface area contributed by atoms with E-state index < -0.39 is 10.9 Å². The lowest BCUT2D eigenvalue weighted by molar-refractivity contribution is 0.0951. The first-order chi connectivity index (χ1) is 14.0. The van der Waals surface area contributed by atoms with Crippen LogP contribution in [0.25, 0.3) is 0 Å². The maximum absolute atomic E-state index is 12.6. The molecule has 0 bridgehead atoms. The van der Waals surface area contributed by atoms with Crippen molar-refractivity contribution in [2.45, 2.75) is 26.8 Å². The highest BCUT2D eigenvalue weighted by Crippen LogP contribution is 2.30. The minimum atomic E-state index is -2.93. The molecule has 1 heterocycles. The number of carbonyl (C=O) groups is 1. The molecule has 3 aromatic rings. The van der Waals surface area contributed by atoms with Crippen molar-refractivity contribution in [1.82, 2.24) is 10.3 Å². The predicted octanol–water partition coefficient (Wildman–Crippen LogP) is 3.55. The van der Waals surface area contributed by atoms with Crippen LogP contribution in [-0.2, 0) is 23.9 Å². The molecule has 0 aliphatic carbocycles. The van der Waals surface area contributed by atoms with Crippen LogP contribution >= 0.6 is 0 Å². The molecule has 0 aliphatic heterocycles. The molecule has 0 atom stereocenters. The zero-order chi connectivity index (χ0) is 20.8. The van der Waals surface area contributed by atoms with E-state index in [2.05, 4.69) is 10.3 Å². The highest BCUT2D eigenvalue weighted by molar-refractivity contribution is 7.74. The number of nitrogens with zero attached hydrogens (tertiary/aromatic N) is 2. The summed E-state index contributed by atoms with van der Waals surface area (Å²) < 4.78 is 25.5. The van der Waals surface area contributed by atoms with Gasteiger partial charge in [0.25, 0.3) is 5.91 Å². The Hall–Kier alpha value is -3.19. The second kappa shape index (κ2) is 9.34. The van der Waals surface area contributed by atoms with Crippen LogP contribution in [-0.4, -0.2) is 19.3 Å². The average molecular weight is 410 g/mol. The van der Waals surface area contributed by atoms with Crippen LogP contribution in [0.4, 0.5) is 11.4 Å². The van der Waals surface area contributed by atoms with Crippen molar-refractivity contribution in [3.63, 3.8) is 0 Å². The Morgan fingerprint density at radius 1 is 1.10 bits per heavy atom. The van der Waals surface area contributed by atoms with Crippen LogP contribution in [0.15, 0.2) is 67.0 Å². The molecular weight excluding hydrogens is 386 g/mol. The molecule has 1 amide bonds. The van der Waals surface area contributed by atoms with E-state index in [1.807, 2.05) is 32.0 Å². The van der Waals surface area contributed by atoms with Gasteiger partial charge in [-0.05, 0) is 54.8 Å². The number of nitrogens with one attached hydrogen (secondary N) is 1. The third-order valence-corrected chi connectivity index (χ3v) is 5.35. The van der Waals surface area contributed by atoms with Crippen LogP contribution < -0.4 is 9.62 Å². The van der Waals surface area contributed by atoms with Gasteiger partial charge in [0.05, 0.1) is 11.4 Å². The second-order valence-electron chi connectivity index (χ2n) is 6.63. The Bertz CT molecular complexity index is 1060. The lowest BCUT2D eigenvalue weighted by Gasteiger charge is -2.22. The number of aromatic nitrogens is 1. The molecule has 0 saturated heterocycles. The van der Waals surface area contributed by atoms with E-state index in [0.29, 0.717) is 29.9 Å². The van der Waals surface area contributed by atoms with Crippen LogP contribution in [0.2, 0.25) is 0 Å². The molecule has 0 unspecified atom stereocenters. The van der Waals surface area contributed by atoms with Crippen LogP contribution in [0.5, 0.6) is 0 Å². The van der Waals surface area contributed by atoms with E-state index in [1.165, 1.54) is 4.31 Å². The van der Waals surface area contributed by atoms with Gasteiger partial charge in [-0.25, -0.2) is 12.7 Å². The molecule has 29 heavy (non-hydrogen) atoms. The standard InChI is InChI=1S/C22H23N3O3S/c1-3-18-8-9-19(22(26)24-15-17-5-4-12-23-14-17)13-21(18)25(29(27)28)20-10-6-16(2)7-11-20/h4-14,29H,3,15H2,1-2H3,(H,24,26). The summed E-state index contributed by atoms with van der Waals surface area (Å²) in [6.45, 7) is 4.23. The Morgan fingerprint density at radius 2 is 1.86 bits per heavy atom. The summed E-state index contributed by atoms with van der Waals surface area (Å²) in [5, 5.41) is 2.85. The van der Waals surface area contributed by atoms with Gasteiger partial charge in [-0.1, -0.05) is 36.8 Å². The number of hydrogen-bond donors (Lipinski definition) is 2. The minimum Gasteiger partial charge on any atom is -0.348 e. The number of carbonyl (C=O) groups excluding carboxylic acids is 1. The number of aryl methyl sites for hydroxylation is 2. The van der Waals surface area contributed by atoms with Crippen molar-refractivity contribution in [2.24, 2.45) is 0 Å². The van der Waals surface area contributed by atoms with Crippen molar-refractivity contribution in [2.75, 3.05) is 4.31 Å². The fraction of sp³-hybridized carbons (Fsp3) is 0.182. The number of benzene rings is 2. The first kappa shape index (κ1) is 20.5. The number of amides is 1. The summed E-state index contributed by atoms with van der Waals surface area (Å²) in [6, 6.07) is 16.1. The summed E-state index contributed by atoms with van der Waals surface area (Å²) in [6.07, 6.45) is 4.00. The molecule has 7 heteroatoms. The number of pyridine rings is 1. The summed E-state index contributed by atoms with van der Waals surface area (Å²) >= 11 is 0. The highest BCUT2D eigenvalue weighted by Gasteiger charge is 2.18. The lowest BCUT2D eigenvalue weighted by atomic mass is 10.1. The summed E-state index contributed by atoms with van der Waals surface area (Å²) in [7, 11) is -2.93.